The molecule has 93 heavy (non-hydrogen) atoms. The number of rotatable bonds is 7. The first-order valence-corrected chi connectivity index (χ1v) is 33.3. The fraction of sp³-hybridized carbons (Fsp3) is 0.143. The van der Waals surface area contributed by atoms with Gasteiger partial charge in [-0.3, -0.25) is 0 Å². The van der Waals surface area contributed by atoms with Crippen molar-refractivity contribution in [2.24, 2.45) is 0 Å². The molecule has 6 aliphatic rings. The minimum absolute atomic E-state index is 0.237. The van der Waals surface area contributed by atoms with Crippen LogP contribution in [0.4, 0.5) is 34.1 Å². The normalized spacial score (nSPS) is 16.0. The highest BCUT2D eigenvalue weighted by atomic mass is 15.2. The summed E-state index contributed by atoms with van der Waals surface area (Å²) in [6.07, 6.45) is 0. The third-order valence-corrected chi connectivity index (χ3v) is 23.0. The highest BCUT2D eigenvalue weighted by molar-refractivity contribution is 6.03. The van der Waals surface area contributed by atoms with Gasteiger partial charge in [-0.1, -0.05) is 280 Å². The van der Waals surface area contributed by atoms with Crippen molar-refractivity contribution in [2.75, 3.05) is 9.80 Å². The largest absolute Gasteiger partial charge is 0.310 e. The van der Waals surface area contributed by atoms with Gasteiger partial charge in [0, 0.05) is 55.5 Å². The third kappa shape index (κ3) is 7.03. The van der Waals surface area contributed by atoms with E-state index in [0.29, 0.717) is 0 Å². The van der Waals surface area contributed by atoms with E-state index in [4.69, 9.17) is 0 Å². The van der Waals surface area contributed by atoms with Crippen LogP contribution in [0, 0.1) is 0 Å². The van der Waals surface area contributed by atoms with E-state index in [2.05, 4.69) is 344 Å². The van der Waals surface area contributed by atoms with Gasteiger partial charge < -0.3 is 9.80 Å². The zero-order valence-electron chi connectivity index (χ0n) is 54.0. The molecule has 0 aliphatic heterocycles. The van der Waals surface area contributed by atoms with Crippen molar-refractivity contribution in [1.82, 2.24) is 0 Å². The molecule has 0 N–H and O–H groups in total. The van der Waals surface area contributed by atoms with Crippen LogP contribution in [0.2, 0.25) is 0 Å². The Hall–Kier alpha value is -10.5. The highest BCUT2D eigenvalue weighted by Gasteiger charge is 2.53. The fourth-order valence-corrected chi connectivity index (χ4v) is 18.8. The Morgan fingerprint density at radius 3 is 0.914 bits per heavy atom. The van der Waals surface area contributed by atoms with Crippen LogP contribution in [0.3, 0.4) is 0 Å². The molecule has 0 radical (unpaired) electrons. The zero-order valence-corrected chi connectivity index (χ0v) is 54.0. The van der Waals surface area contributed by atoms with Gasteiger partial charge in [-0.25, -0.2) is 0 Å². The molecule has 6 aliphatic carbocycles. The van der Waals surface area contributed by atoms with Gasteiger partial charge in [0.1, 0.15) is 0 Å². The molecule has 0 unspecified atom stereocenters. The predicted octanol–water partition coefficient (Wildman–Crippen LogP) is 23.9. The number of hydrogen-bond acceptors (Lipinski definition) is 2. The van der Waals surface area contributed by atoms with E-state index >= 15 is 0 Å². The topological polar surface area (TPSA) is 6.48 Å². The number of anilines is 6. The van der Waals surface area contributed by atoms with Crippen LogP contribution in [0.25, 0.3) is 77.9 Å². The van der Waals surface area contributed by atoms with Gasteiger partial charge in [-0.05, 0) is 188 Å². The lowest BCUT2D eigenvalue weighted by atomic mass is 9.68. The summed E-state index contributed by atoms with van der Waals surface area (Å²) in [5.41, 5.74) is 39.1. The summed E-state index contributed by atoms with van der Waals surface area (Å²) in [7, 11) is 0. The maximum absolute atomic E-state index is 2.64. The van der Waals surface area contributed by atoms with Crippen LogP contribution in [-0.2, 0) is 27.1 Å². The first-order chi connectivity index (χ1) is 45.2. The Morgan fingerprint density at radius 2 is 0.495 bits per heavy atom. The van der Waals surface area contributed by atoms with Crippen molar-refractivity contribution in [2.45, 2.75) is 82.5 Å². The van der Waals surface area contributed by atoms with Crippen molar-refractivity contribution in [1.29, 1.82) is 0 Å². The maximum atomic E-state index is 2.64. The second-order valence-corrected chi connectivity index (χ2v) is 29.1. The average molecular weight is 1190 g/mol. The van der Waals surface area contributed by atoms with Crippen LogP contribution >= 0.6 is 0 Å². The van der Waals surface area contributed by atoms with E-state index in [9.17, 15) is 0 Å². The van der Waals surface area contributed by atoms with Crippen LogP contribution in [0.5, 0.6) is 0 Å². The van der Waals surface area contributed by atoms with Gasteiger partial charge in [0.05, 0.1) is 16.8 Å². The summed E-state index contributed by atoms with van der Waals surface area (Å²) in [4.78, 5) is 5.29. The Balaban J connectivity index is 0.958. The van der Waals surface area contributed by atoms with Gasteiger partial charge in [0.25, 0.3) is 0 Å². The summed E-state index contributed by atoms with van der Waals surface area (Å²) in [6, 6.07) is 108. The summed E-state index contributed by atoms with van der Waals surface area (Å²) < 4.78 is 0. The summed E-state index contributed by atoms with van der Waals surface area (Å²) in [5, 5.41) is 0. The predicted molar refractivity (Wildman–Crippen MR) is 388 cm³/mol. The first kappa shape index (κ1) is 54.2. The number of hydrogen-bond donors (Lipinski definition) is 0. The summed E-state index contributed by atoms with van der Waals surface area (Å²) in [5.74, 6) is 0. The molecule has 0 fully saturated rings. The highest BCUT2D eigenvalue weighted by Crippen LogP contribution is 2.66. The second-order valence-electron chi connectivity index (χ2n) is 29.1. The summed E-state index contributed by atoms with van der Waals surface area (Å²) >= 11 is 0. The van der Waals surface area contributed by atoms with Crippen LogP contribution in [-0.4, -0.2) is 0 Å². The molecular formula is C91H70N2. The van der Waals surface area contributed by atoms with E-state index in [0.717, 1.165) is 39.7 Å². The lowest BCUT2D eigenvalue weighted by Crippen LogP contribution is -2.26. The zero-order chi connectivity index (χ0) is 62.7. The van der Waals surface area contributed by atoms with Crippen LogP contribution in [0.15, 0.2) is 279 Å². The quantitative estimate of drug-likeness (QED) is 0.157. The lowest BCUT2D eigenvalue weighted by Gasteiger charge is -2.35. The lowest BCUT2D eigenvalue weighted by molar-refractivity contribution is 0.660. The average Bonchev–Trinajstić information content (AvgIpc) is 1.51. The number of benzene rings is 13. The Labute approximate surface area is 546 Å². The third-order valence-electron chi connectivity index (χ3n) is 23.0. The molecule has 19 rings (SSSR count). The molecule has 444 valence electrons. The van der Waals surface area contributed by atoms with E-state index in [1.165, 1.54) is 139 Å². The maximum Gasteiger partial charge on any atom is 0.0731 e. The minimum Gasteiger partial charge on any atom is -0.310 e. The Kier molecular flexibility index (Phi) is 11.0. The standard InChI is InChI=1S/C91H70N2/c1-87(2)73-37-18-14-31-69(73)84-78(87)42-24-44-82(84)92(56-46-48-66-61-26-9-16-35-71(61)89(5,6)80(66)53-56)58-50-55(60-33-23-34-68-65-30-13-22-41-77(65)91(86(60)68)75-39-20-11-28-63(75)64-29-12-21-40-76(64)91)51-59(52-58)93(57-47-49-67-62-27-10-17-36-72(62)90(7,8)81(67)54-57)83-45-25-43-79-85(83)70-32-15-19-38-74(70)88(79,3)4/h9-54H,1-8H3. The molecular weight excluding hydrogens is 1120 g/mol. The smallest absolute Gasteiger partial charge is 0.0731 e. The van der Waals surface area contributed by atoms with E-state index in [1.54, 1.807) is 0 Å². The molecule has 13 aromatic rings. The molecule has 0 amide bonds. The molecule has 1 spiro atoms. The molecule has 2 nitrogen and oxygen atoms in total. The van der Waals surface area contributed by atoms with E-state index in [1.807, 2.05) is 0 Å². The second kappa shape index (κ2) is 18.8. The minimum atomic E-state index is -0.600. The van der Waals surface area contributed by atoms with Crippen LogP contribution < -0.4 is 9.80 Å². The molecule has 0 atom stereocenters. The molecule has 0 bridgehead atoms. The fourth-order valence-electron chi connectivity index (χ4n) is 18.8. The van der Waals surface area contributed by atoms with Gasteiger partial charge in [-0.15, -0.1) is 0 Å². The monoisotopic (exact) mass is 1190 g/mol. The van der Waals surface area contributed by atoms with E-state index in [-0.39, 0.29) is 21.7 Å². The van der Waals surface area contributed by atoms with Gasteiger partial charge in [0.15, 0.2) is 0 Å². The van der Waals surface area contributed by atoms with Gasteiger partial charge in [0.2, 0.25) is 0 Å². The molecule has 13 aromatic carbocycles. The Morgan fingerprint density at radius 1 is 0.204 bits per heavy atom. The van der Waals surface area contributed by atoms with Crippen molar-refractivity contribution in [3.8, 4) is 77.9 Å². The molecule has 0 heterocycles. The SMILES string of the molecule is CC1(C)c2ccccc2-c2ccc(N(c3cc(-c4cccc5c4C4(c6ccccc6-c6ccccc64)c4ccccc4-5)cc(N(c4ccc5c(c4)C(C)(C)c4ccccc4-5)c4cccc5c4-c4ccccc4C5(C)C)c3)c3cccc4c3-c3ccccc3C4(C)C)cc21. The number of fused-ring (bicyclic) bond motifs is 22. The number of nitrogens with zero attached hydrogens (tertiary/aromatic N) is 2. The molecule has 0 saturated heterocycles. The molecule has 2 heteroatoms. The van der Waals surface area contributed by atoms with Crippen molar-refractivity contribution in [3.05, 3.63) is 346 Å². The van der Waals surface area contributed by atoms with Gasteiger partial charge in [-0.2, -0.15) is 0 Å². The van der Waals surface area contributed by atoms with E-state index < -0.39 is 5.41 Å². The first-order valence-electron chi connectivity index (χ1n) is 33.3. The van der Waals surface area contributed by atoms with Crippen LogP contribution in [0.1, 0.15) is 122 Å². The molecule has 0 aromatic heterocycles. The molecule has 0 saturated carbocycles. The summed E-state index contributed by atoms with van der Waals surface area (Å²) in [6.45, 7) is 19.3. The Bertz CT molecular complexity index is 5130. The van der Waals surface area contributed by atoms with Crippen molar-refractivity contribution >= 4 is 34.1 Å². The van der Waals surface area contributed by atoms with Crippen molar-refractivity contribution < 1.29 is 0 Å². The van der Waals surface area contributed by atoms with Crippen molar-refractivity contribution in [3.63, 3.8) is 0 Å². The van der Waals surface area contributed by atoms with Gasteiger partial charge >= 0.3 is 0 Å².